The van der Waals surface area contributed by atoms with Crippen LogP contribution in [0.4, 0.5) is 5.69 Å². The lowest BCUT2D eigenvalue weighted by molar-refractivity contribution is 0.0697. The maximum Gasteiger partial charge on any atom is 0.336 e. The zero-order valence-corrected chi connectivity index (χ0v) is 13.4. The van der Waals surface area contributed by atoms with Crippen LogP contribution in [0.25, 0.3) is 0 Å². The number of carboxylic acids is 1. The molecule has 0 aliphatic rings. The number of sulfonamides is 1. The number of hydrogen-bond donors (Lipinski definition) is 2. The number of para-hydroxylation sites is 2. The smallest absolute Gasteiger partial charge is 0.336 e. The van der Waals surface area contributed by atoms with Gasteiger partial charge in [0.15, 0.2) is 0 Å². The summed E-state index contributed by atoms with van der Waals surface area (Å²) >= 11 is 0.856. The third-order valence-corrected chi connectivity index (χ3v) is 5.49. The Kier molecular flexibility index (Phi) is 5.04. The molecule has 8 heteroatoms. The van der Waals surface area contributed by atoms with Gasteiger partial charge in [-0.3, -0.25) is 4.72 Å². The van der Waals surface area contributed by atoms with Crippen molar-refractivity contribution in [2.45, 2.75) is 17.6 Å². The molecule has 2 aromatic rings. The predicted octanol–water partition coefficient (Wildman–Crippen LogP) is 3.04. The molecule has 0 amide bonds. The third-order valence-electron chi connectivity index (χ3n) is 2.68. The zero-order chi connectivity index (χ0) is 16.2. The Hall–Kier alpha value is -2.06. The van der Waals surface area contributed by atoms with Crippen LogP contribution in [0.5, 0.6) is 5.75 Å². The van der Waals surface area contributed by atoms with Crippen molar-refractivity contribution in [1.82, 2.24) is 0 Å². The number of hydrogen-bond acceptors (Lipinski definition) is 5. The Labute approximate surface area is 132 Å². The van der Waals surface area contributed by atoms with E-state index < -0.39 is 16.0 Å². The average molecular weight is 341 g/mol. The van der Waals surface area contributed by atoms with Crippen LogP contribution in [-0.2, 0) is 10.0 Å². The van der Waals surface area contributed by atoms with Gasteiger partial charge >= 0.3 is 5.97 Å². The fourth-order valence-electron chi connectivity index (χ4n) is 1.65. The molecule has 0 radical (unpaired) electrons. The first-order chi connectivity index (χ1) is 10.4. The van der Waals surface area contributed by atoms with Crippen LogP contribution in [0.1, 0.15) is 23.7 Å². The molecule has 0 bridgehead atoms. The lowest BCUT2D eigenvalue weighted by Crippen LogP contribution is -2.13. The Morgan fingerprint density at radius 3 is 2.73 bits per heavy atom. The van der Waals surface area contributed by atoms with E-state index in [4.69, 9.17) is 9.84 Å². The molecular formula is C14H15NO5S2. The van der Waals surface area contributed by atoms with Crippen molar-refractivity contribution < 1.29 is 23.1 Å². The molecule has 0 unspecified atom stereocenters. The highest BCUT2D eigenvalue weighted by molar-refractivity contribution is 7.94. The van der Waals surface area contributed by atoms with Crippen LogP contribution in [0.2, 0.25) is 0 Å². The Balaban J connectivity index is 2.26. The summed E-state index contributed by atoms with van der Waals surface area (Å²) in [5.74, 6) is -0.729. The number of carboxylic acid groups (broad SMARTS) is 1. The fraction of sp³-hybridized carbons (Fsp3) is 0.214. The van der Waals surface area contributed by atoms with Crippen LogP contribution in [-0.4, -0.2) is 26.1 Å². The molecule has 0 saturated heterocycles. The van der Waals surface area contributed by atoms with Gasteiger partial charge in [0.1, 0.15) is 9.96 Å². The predicted molar refractivity (Wildman–Crippen MR) is 84.3 cm³/mol. The molecule has 118 valence electrons. The average Bonchev–Trinajstić information content (AvgIpc) is 2.97. The molecule has 1 heterocycles. The number of ether oxygens (including phenoxy) is 1. The number of benzene rings is 1. The van der Waals surface area contributed by atoms with Gasteiger partial charge in [-0.25, -0.2) is 13.2 Å². The summed E-state index contributed by atoms with van der Waals surface area (Å²) in [4.78, 5) is 10.8. The molecule has 0 saturated carbocycles. The summed E-state index contributed by atoms with van der Waals surface area (Å²) < 4.78 is 32.5. The van der Waals surface area contributed by atoms with Crippen molar-refractivity contribution in [2.75, 3.05) is 11.3 Å². The number of thiophene rings is 1. The van der Waals surface area contributed by atoms with Crippen molar-refractivity contribution >= 4 is 33.0 Å². The lowest BCUT2D eigenvalue weighted by atomic mass is 10.3. The van der Waals surface area contributed by atoms with Crippen LogP contribution in [0.15, 0.2) is 39.9 Å². The molecule has 6 nitrogen and oxygen atoms in total. The van der Waals surface area contributed by atoms with Crippen molar-refractivity contribution in [2.24, 2.45) is 0 Å². The highest BCUT2D eigenvalue weighted by Crippen LogP contribution is 2.28. The highest BCUT2D eigenvalue weighted by atomic mass is 32.2. The molecule has 1 aromatic heterocycles. The lowest BCUT2D eigenvalue weighted by Gasteiger charge is -2.12. The van der Waals surface area contributed by atoms with Gasteiger partial charge in [0.2, 0.25) is 0 Å². The minimum Gasteiger partial charge on any atom is -0.491 e. The second kappa shape index (κ2) is 6.80. The largest absolute Gasteiger partial charge is 0.491 e. The number of nitrogens with one attached hydrogen (secondary N) is 1. The maximum absolute atomic E-state index is 12.3. The first-order valence-corrected chi connectivity index (χ1v) is 8.87. The maximum atomic E-state index is 12.3. The van der Waals surface area contributed by atoms with Crippen LogP contribution in [0, 0.1) is 0 Å². The molecule has 2 N–H and O–H groups in total. The summed E-state index contributed by atoms with van der Waals surface area (Å²) in [6, 6.07) is 7.83. The van der Waals surface area contributed by atoms with E-state index >= 15 is 0 Å². The second-order valence-corrected chi connectivity index (χ2v) is 7.23. The molecule has 0 aliphatic heterocycles. The van der Waals surface area contributed by atoms with E-state index in [2.05, 4.69) is 4.72 Å². The summed E-state index contributed by atoms with van der Waals surface area (Å²) in [7, 11) is -3.85. The van der Waals surface area contributed by atoms with Gasteiger partial charge in [-0.05, 0) is 24.6 Å². The first-order valence-electron chi connectivity index (χ1n) is 6.50. The van der Waals surface area contributed by atoms with Crippen molar-refractivity contribution in [3.05, 3.63) is 41.3 Å². The van der Waals surface area contributed by atoms with E-state index in [0.29, 0.717) is 18.0 Å². The standard InChI is InChI=1S/C14H15NO5S2/c1-2-7-20-12-6-4-3-5-11(12)15-22(18,19)13-8-10(9-21-13)14(16)17/h3-6,8-9,15H,2,7H2,1H3,(H,16,17). The van der Waals surface area contributed by atoms with Crippen LogP contribution < -0.4 is 9.46 Å². The van der Waals surface area contributed by atoms with Gasteiger partial charge in [-0.15, -0.1) is 11.3 Å². The Morgan fingerprint density at radius 1 is 1.36 bits per heavy atom. The summed E-state index contributed by atoms with van der Waals surface area (Å²) in [6.07, 6.45) is 0.800. The molecule has 1 aromatic carbocycles. The van der Waals surface area contributed by atoms with E-state index in [1.54, 1.807) is 24.3 Å². The topological polar surface area (TPSA) is 92.7 Å². The number of anilines is 1. The minimum absolute atomic E-state index is 0.0547. The van der Waals surface area contributed by atoms with E-state index in [1.165, 1.54) is 5.38 Å². The van der Waals surface area contributed by atoms with Crippen molar-refractivity contribution in [3.63, 3.8) is 0 Å². The molecule has 2 rings (SSSR count). The van der Waals surface area contributed by atoms with Gasteiger partial charge < -0.3 is 9.84 Å². The van der Waals surface area contributed by atoms with E-state index in [0.717, 1.165) is 23.8 Å². The number of carbonyl (C=O) groups is 1. The van der Waals surface area contributed by atoms with Gasteiger partial charge in [0.05, 0.1) is 17.9 Å². The monoisotopic (exact) mass is 341 g/mol. The molecule has 22 heavy (non-hydrogen) atoms. The molecular weight excluding hydrogens is 326 g/mol. The summed E-state index contributed by atoms with van der Waals surface area (Å²) in [5.41, 5.74) is 0.266. The normalized spacial score (nSPS) is 11.1. The first kappa shape index (κ1) is 16.3. The Morgan fingerprint density at radius 2 is 2.09 bits per heavy atom. The molecule has 0 fully saturated rings. The van der Waals surface area contributed by atoms with E-state index in [-0.39, 0.29) is 9.77 Å². The molecule has 0 aliphatic carbocycles. The minimum atomic E-state index is -3.85. The fourth-order valence-corrected chi connectivity index (χ4v) is 3.88. The van der Waals surface area contributed by atoms with Gasteiger partial charge in [-0.1, -0.05) is 19.1 Å². The van der Waals surface area contributed by atoms with Crippen LogP contribution >= 0.6 is 11.3 Å². The quantitative estimate of drug-likeness (QED) is 0.807. The van der Waals surface area contributed by atoms with Gasteiger partial charge in [-0.2, -0.15) is 0 Å². The third kappa shape index (κ3) is 3.77. The van der Waals surface area contributed by atoms with Crippen LogP contribution in [0.3, 0.4) is 0 Å². The highest BCUT2D eigenvalue weighted by Gasteiger charge is 2.20. The van der Waals surface area contributed by atoms with E-state index in [9.17, 15) is 13.2 Å². The van der Waals surface area contributed by atoms with Crippen molar-refractivity contribution in [1.29, 1.82) is 0 Å². The van der Waals surface area contributed by atoms with Crippen molar-refractivity contribution in [3.8, 4) is 5.75 Å². The summed E-state index contributed by atoms with van der Waals surface area (Å²) in [6.45, 7) is 2.42. The Bertz CT molecular complexity index is 767. The van der Waals surface area contributed by atoms with Gasteiger partial charge in [0, 0.05) is 5.38 Å². The SMILES string of the molecule is CCCOc1ccccc1NS(=O)(=O)c1cc(C(=O)O)cs1. The number of rotatable bonds is 7. The molecule has 0 atom stereocenters. The molecule has 0 spiro atoms. The van der Waals surface area contributed by atoms with Gasteiger partial charge in [0.25, 0.3) is 10.0 Å². The zero-order valence-electron chi connectivity index (χ0n) is 11.8. The number of aromatic carboxylic acids is 1. The van der Waals surface area contributed by atoms with E-state index in [1.807, 2.05) is 6.92 Å². The second-order valence-electron chi connectivity index (χ2n) is 4.41. The summed E-state index contributed by atoms with van der Waals surface area (Å²) in [5, 5.41) is 10.2.